The molecule has 0 unspecified atom stereocenters. The van der Waals surface area contributed by atoms with Crippen LogP contribution >= 0.6 is 11.3 Å². The Hall–Kier alpha value is -1.43. The number of aryl methyl sites for hydroxylation is 2. The quantitative estimate of drug-likeness (QED) is 0.900. The Balaban J connectivity index is 1.70. The number of rotatable bonds is 3. The third kappa shape index (κ3) is 3.10. The maximum absolute atomic E-state index is 12.4. The number of nitrogens with zero attached hydrogens (tertiary/aromatic N) is 1. The number of aliphatic carboxylic acids is 1. The number of hydrogen-bond donors (Lipinski definition) is 2. The highest BCUT2D eigenvalue weighted by molar-refractivity contribution is 7.15. The zero-order chi connectivity index (χ0) is 14.8. The fourth-order valence-electron chi connectivity index (χ4n) is 3.34. The molecule has 0 aromatic carbocycles. The minimum absolute atomic E-state index is 0.173. The van der Waals surface area contributed by atoms with Crippen LogP contribution in [0.15, 0.2) is 0 Å². The number of carboxylic acid groups (broad SMARTS) is 1. The van der Waals surface area contributed by atoms with Crippen LogP contribution in [-0.2, 0) is 22.4 Å². The number of thiazole rings is 1. The van der Waals surface area contributed by atoms with Crippen LogP contribution in [0.25, 0.3) is 0 Å². The fourth-order valence-corrected chi connectivity index (χ4v) is 4.40. The molecule has 3 rings (SSSR count). The molecule has 2 aliphatic rings. The van der Waals surface area contributed by atoms with Crippen molar-refractivity contribution in [2.24, 2.45) is 11.8 Å². The monoisotopic (exact) mass is 308 g/mol. The van der Waals surface area contributed by atoms with E-state index in [4.69, 9.17) is 0 Å². The summed E-state index contributed by atoms with van der Waals surface area (Å²) in [5.41, 5.74) is 1.11. The first kappa shape index (κ1) is 14.5. The number of anilines is 1. The Morgan fingerprint density at radius 3 is 2.52 bits per heavy atom. The second-order valence-electron chi connectivity index (χ2n) is 5.92. The van der Waals surface area contributed by atoms with Gasteiger partial charge in [-0.15, -0.1) is 11.3 Å². The van der Waals surface area contributed by atoms with Crippen molar-refractivity contribution in [1.29, 1.82) is 0 Å². The number of carbonyl (C=O) groups excluding carboxylic acids is 1. The Bertz CT molecular complexity index is 532. The molecule has 0 spiro atoms. The van der Waals surface area contributed by atoms with Crippen LogP contribution in [0, 0.1) is 11.8 Å². The molecular weight excluding hydrogens is 288 g/mol. The van der Waals surface area contributed by atoms with E-state index in [-0.39, 0.29) is 5.91 Å². The molecular formula is C15H20N2O3S. The molecule has 0 aliphatic heterocycles. The van der Waals surface area contributed by atoms with Crippen LogP contribution < -0.4 is 5.32 Å². The van der Waals surface area contributed by atoms with Gasteiger partial charge >= 0.3 is 5.97 Å². The summed E-state index contributed by atoms with van der Waals surface area (Å²) in [5.74, 6) is -1.99. The number of amides is 1. The van der Waals surface area contributed by atoms with Crippen molar-refractivity contribution in [2.75, 3.05) is 5.32 Å². The van der Waals surface area contributed by atoms with E-state index in [0.29, 0.717) is 18.0 Å². The fraction of sp³-hybridized carbons (Fsp3) is 0.667. The van der Waals surface area contributed by atoms with Gasteiger partial charge in [-0.2, -0.15) is 0 Å². The Labute approximate surface area is 127 Å². The SMILES string of the molecule is O=C(O)[C@H]1CCCC[C@H]1C(=O)Nc1nc2c(s1)CCCC2. The number of aromatic nitrogens is 1. The molecule has 2 aliphatic carbocycles. The average molecular weight is 308 g/mol. The Morgan fingerprint density at radius 1 is 1.10 bits per heavy atom. The third-order valence-corrected chi connectivity index (χ3v) is 5.57. The topological polar surface area (TPSA) is 79.3 Å². The summed E-state index contributed by atoms with van der Waals surface area (Å²) in [5, 5.41) is 12.8. The van der Waals surface area contributed by atoms with E-state index in [9.17, 15) is 14.7 Å². The highest BCUT2D eigenvalue weighted by Gasteiger charge is 2.36. The molecule has 1 amide bonds. The molecule has 0 saturated heterocycles. The molecule has 1 aromatic rings. The van der Waals surface area contributed by atoms with Crippen LogP contribution in [0.4, 0.5) is 5.13 Å². The van der Waals surface area contributed by atoms with E-state index in [0.717, 1.165) is 37.8 Å². The standard InChI is InChI=1S/C15H20N2O3S/c18-13(9-5-1-2-6-10(9)14(19)20)17-15-16-11-7-3-4-8-12(11)21-15/h9-10H,1-8H2,(H,19,20)(H,16,17,18)/t9-,10+/m1/s1. The first-order chi connectivity index (χ1) is 10.1. The lowest BCUT2D eigenvalue weighted by Crippen LogP contribution is -2.36. The van der Waals surface area contributed by atoms with Crippen LogP contribution in [0.5, 0.6) is 0 Å². The van der Waals surface area contributed by atoms with Crippen molar-refractivity contribution in [3.05, 3.63) is 10.6 Å². The third-order valence-electron chi connectivity index (χ3n) is 4.50. The maximum atomic E-state index is 12.4. The van der Waals surface area contributed by atoms with Gasteiger partial charge in [0.15, 0.2) is 5.13 Å². The van der Waals surface area contributed by atoms with Gasteiger partial charge in [0.25, 0.3) is 0 Å². The lowest BCUT2D eigenvalue weighted by molar-refractivity contribution is -0.147. The molecule has 0 bridgehead atoms. The van der Waals surface area contributed by atoms with E-state index in [2.05, 4.69) is 10.3 Å². The molecule has 5 nitrogen and oxygen atoms in total. The van der Waals surface area contributed by atoms with Crippen molar-refractivity contribution in [1.82, 2.24) is 4.98 Å². The Morgan fingerprint density at radius 2 is 1.81 bits per heavy atom. The number of nitrogens with one attached hydrogen (secondary N) is 1. The Kier molecular flexibility index (Phi) is 4.24. The van der Waals surface area contributed by atoms with E-state index < -0.39 is 17.8 Å². The van der Waals surface area contributed by atoms with E-state index >= 15 is 0 Å². The molecule has 1 heterocycles. The highest BCUT2D eigenvalue weighted by Crippen LogP contribution is 2.33. The molecule has 0 radical (unpaired) electrons. The van der Waals surface area contributed by atoms with E-state index in [1.165, 1.54) is 11.3 Å². The van der Waals surface area contributed by atoms with Crippen molar-refractivity contribution < 1.29 is 14.7 Å². The number of carbonyl (C=O) groups is 2. The lowest BCUT2D eigenvalue weighted by atomic mass is 9.79. The van der Waals surface area contributed by atoms with Gasteiger partial charge in [0.05, 0.1) is 17.5 Å². The van der Waals surface area contributed by atoms with Gasteiger partial charge in [0.1, 0.15) is 0 Å². The van der Waals surface area contributed by atoms with Gasteiger partial charge in [-0.05, 0) is 38.5 Å². The van der Waals surface area contributed by atoms with Crippen LogP contribution in [0.2, 0.25) is 0 Å². The van der Waals surface area contributed by atoms with Gasteiger partial charge < -0.3 is 10.4 Å². The molecule has 2 N–H and O–H groups in total. The first-order valence-electron chi connectivity index (χ1n) is 7.67. The van der Waals surface area contributed by atoms with Crippen LogP contribution in [-0.4, -0.2) is 22.0 Å². The molecule has 2 atom stereocenters. The van der Waals surface area contributed by atoms with Crippen molar-refractivity contribution in [3.8, 4) is 0 Å². The van der Waals surface area contributed by atoms with Gasteiger partial charge in [-0.1, -0.05) is 12.8 Å². The molecule has 6 heteroatoms. The van der Waals surface area contributed by atoms with Gasteiger partial charge in [-0.25, -0.2) is 4.98 Å². The molecule has 1 aromatic heterocycles. The summed E-state index contributed by atoms with van der Waals surface area (Å²) in [6, 6.07) is 0. The molecule has 21 heavy (non-hydrogen) atoms. The average Bonchev–Trinajstić information content (AvgIpc) is 2.89. The summed E-state index contributed by atoms with van der Waals surface area (Å²) >= 11 is 1.55. The smallest absolute Gasteiger partial charge is 0.307 e. The van der Waals surface area contributed by atoms with Crippen molar-refractivity contribution >= 4 is 28.3 Å². The number of fused-ring (bicyclic) bond motifs is 1. The largest absolute Gasteiger partial charge is 0.481 e. The summed E-state index contributed by atoms with van der Waals surface area (Å²) in [6.07, 6.45) is 7.46. The minimum Gasteiger partial charge on any atom is -0.481 e. The van der Waals surface area contributed by atoms with Crippen molar-refractivity contribution in [2.45, 2.75) is 51.4 Å². The molecule has 114 valence electrons. The van der Waals surface area contributed by atoms with Gasteiger partial charge in [-0.3, -0.25) is 9.59 Å². The van der Waals surface area contributed by atoms with E-state index in [1.807, 2.05) is 0 Å². The highest BCUT2D eigenvalue weighted by atomic mass is 32.1. The molecule has 1 saturated carbocycles. The summed E-state index contributed by atoms with van der Waals surface area (Å²) in [6.45, 7) is 0. The van der Waals surface area contributed by atoms with Gasteiger partial charge in [0.2, 0.25) is 5.91 Å². The zero-order valence-electron chi connectivity index (χ0n) is 11.9. The number of carboxylic acids is 1. The predicted molar refractivity (Wildman–Crippen MR) is 80.5 cm³/mol. The second-order valence-corrected chi connectivity index (χ2v) is 7.00. The second kappa shape index (κ2) is 6.13. The zero-order valence-corrected chi connectivity index (χ0v) is 12.7. The lowest BCUT2D eigenvalue weighted by Gasteiger charge is -2.26. The van der Waals surface area contributed by atoms with Crippen LogP contribution in [0.3, 0.4) is 0 Å². The first-order valence-corrected chi connectivity index (χ1v) is 8.49. The van der Waals surface area contributed by atoms with Crippen molar-refractivity contribution in [3.63, 3.8) is 0 Å². The molecule has 1 fully saturated rings. The summed E-state index contributed by atoms with van der Waals surface area (Å²) < 4.78 is 0. The maximum Gasteiger partial charge on any atom is 0.307 e. The summed E-state index contributed by atoms with van der Waals surface area (Å²) in [7, 11) is 0. The summed E-state index contributed by atoms with van der Waals surface area (Å²) in [4.78, 5) is 29.4. The van der Waals surface area contributed by atoms with Crippen LogP contribution in [0.1, 0.15) is 49.1 Å². The normalized spacial score (nSPS) is 25.1. The van der Waals surface area contributed by atoms with Gasteiger partial charge in [0, 0.05) is 4.88 Å². The minimum atomic E-state index is -0.853. The predicted octanol–water partition coefficient (Wildman–Crippen LogP) is 2.85. The number of hydrogen-bond acceptors (Lipinski definition) is 4. The van der Waals surface area contributed by atoms with E-state index in [1.54, 1.807) is 11.3 Å².